The second kappa shape index (κ2) is 2.66. The summed E-state index contributed by atoms with van der Waals surface area (Å²) in [6.07, 6.45) is 8.95. The number of aromatic nitrogens is 2. The van der Waals surface area contributed by atoms with E-state index < -0.39 is 0 Å². The molecule has 0 fully saturated rings. The van der Waals surface area contributed by atoms with Crippen molar-refractivity contribution in [3.05, 3.63) is 36.6 Å². The molecule has 2 aliphatic rings. The molecular formula is C9H7N5. The van der Waals surface area contributed by atoms with Crippen LogP contribution in [0.5, 0.6) is 0 Å². The summed E-state index contributed by atoms with van der Waals surface area (Å²) in [7, 11) is 0. The van der Waals surface area contributed by atoms with Gasteiger partial charge < -0.3 is 10.2 Å². The molecule has 0 spiro atoms. The van der Waals surface area contributed by atoms with Gasteiger partial charge in [-0.15, -0.1) is 5.10 Å². The Balaban J connectivity index is 2.15. The predicted octanol–water partition coefficient (Wildman–Crippen LogP) is 1.11. The molecule has 0 radical (unpaired) electrons. The fraction of sp³-hybridized carbons (Fsp3) is 0. The van der Waals surface area contributed by atoms with Gasteiger partial charge in [-0.3, -0.25) is 4.99 Å². The number of rotatable bonds is 0. The third kappa shape index (κ3) is 0.922. The summed E-state index contributed by atoms with van der Waals surface area (Å²) in [5.41, 5.74) is 1.98. The first-order valence-electron chi connectivity index (χ1n) is 4.22. The van der Waals surface area contributed by atoms with Crippen molar-refractivity contribution >= 4 is 17.7 Å². The third-order valence-electron chi connectivity index (χ3n) is 2.10. The highest BCUT2D eigenvalue weighted by molar-refractivity contribution is 5.91. The number of fused-ring (bicyclic) bond motifs is 3. The molecule has 0 amide bonds. The molecule has 1 aromatic heterocycles. The molecule has 0 bridgehead atoms. The Morgan fingerprint density at radius 1 is 1.36 bits per heavy atom. The molecule has 0 atom stereocenters. The number of nitrogens with one attached hydrogen (secondary N) is 1. The third-order valence-corrected chi connectivity index (χ3v) is 2.10. The number of hydrogen-bond acceptors (Lipinski definition) is 5. The summed E-state index contributed by atoms with van der Waals surface area (Å²) >= 11 is 0. The molecule has 0 saturated carbocycles. The smallest absolute Gasteiger partial charge is 0.177 e. The molecule has 1 N–H and O–H groups in total. The molecule has 5 nitrogen and oxygen atoms in total. The lowest BCUT2D eigenvalue weighted by molar-refractivity contribution is 1.01. The summed E-state index contributed by atoms with van der Waals surface area (Å²) in [6, 6.07) is 1.91. The Morgan fingerprint density at radius 3 is 3.36 bits per heavy atom. The molecule has 2 aliphatic heterocycles. The molecule has 68 valence electrons. The Bertz CT molecular complexity index is 460. The van der Waals surface area contributed by atoms with Gasteiger partial charge >= 0.3 is 0 Å². The van der Waals surface area contributed by atoms with E-state index in [2.05, 4.69) is 20.5 Å². The second-order valence-electron chi connectivity index (χ2n) is 2.92. The van der Waals surface area contributed by atoms with Crippen molar-refractivity contribution in [2.24, 2.45) is 4.99 Å². The standard InChI is InChI=1S/C9H7N5/c1-2-12-13-9-8(1)14-4-3-10-5-7(14)6-11-9/h1-6H,(H,11,13). The zero-order valence-corrected chi connectivity index (χ0v) is 7.25. The Labute approximate surface area is 80.5 Å². The van der Waals surface area contributed by atoms with Crippen LogP contribution in [0.1, 0.15) is 0 Å². The topological polar surface area (TPSA) is 53.4 Å². The quantitative estimate of drug-likeness (QED) is 0.657. The van der Waals surface area contributed by atoms with Crippen LogP contribution in [0.15, 0.2) is 41.6 Å². The molecule has 0 aromatic carbocycles. The van der Waals surface area contributed by atoms with E-state index in [9.17, 15) is 0 Å². The van der Waals surface area contributed by atoms with Gasteiger partial charge in [0.1, 0.15) is 0 Å². The summed E-state index contributed by atoms with van der Waals surface area (Å²) < 4.78 is 0. The van der Waals surface area contributed by atoms with Crippen molar-refractivity contribution in [2.45, 2.75) is 0 Å². The van der Waals surface area contributed by atoms with E-state index in [4.69, 9.17) is 0 Å². The van der Waals surface area contributed by atoms with Gasteiger partial charge in [-0.1, -0.05) is 0 Å². The maximum absolute atomic E-state index is 4.04. The van der Waals surface area contributed by atoms with E-state index in [-0.39, 0.29) is 0 Å². The van der Waals surface area contributed by atoms with Gasteiger partial charge in [0.2, 0.25) is 0 Å². The Kier molecular flexibility index (Phi) is 1.38. The van der Waals surface area contributed by atoms with Crippen molar-refractivity contribution in [1.82, 2.24) is 10.2 Å². The molecule has 0 saturated heterocycles. The highest BCUT2D eigenvalue weighted by Crippen LogP contribution is 2.30. The van der Waals surface area contributed by atoms with Crippen LogP contribution in [0, 0.1) is 0 Å². The van der Waals surface area contributed by atoms with Crippen LogP contribution in [-0.4, -0.2) is 16.4 Å². The van der Waals surface area contributed by atoms with E-state index >= 15 is 0 Å². The molecule has 14 heavy (non-hydrogen) atoms. The largest absolute Gasteiger partial charge is 0.341 e. The average Bonchev–Trinajstić information content (AvgIpc) is 2.29. The van der Waals surface area contributed by atoms with Crippen molar-refractivity contribution in [3.63, 3.8) is 0 Å². The molecule has 3 heterocycles. The molecule has 0 unspecified atom stereocenters. The van der Waals surface area contributed by atoms with E-state index in [1.165, 1.54) is 0 Å². The minimum absolute atomic E-state index is 0.760. The number of anilines is 2. The van der Waals surface area contributed by atoms with Crippen LogP contribution in [-0.2, 0) is 0 Å². The number of aliphatic imine (C=N–C) groups is 1. The maximum atomic E-state index is 4.04. The van der Waals surface area contributed by atoms with Crippen LogP contribution in [0.4, 0.5) is 11.5 Å². The van der Waals surface area contributed by atoms with Crippen LogP contribution in [0.25, 0.3) is 0 Å². The lowest BCUT2D eigenvalue weighted by Crippen LogP contribution is -2.24. The van der Waals surface area contributed by atoms with E-state index in [0.29, 0.717) is 0 Å². The number of nitrogens with zero attached hydrogens (tertiary/aromatic N) is 4. The molecule has 5 heteroatoms. The highest BCUT2D eigenvalue weighted by atomic mass is 15.3. The monoisotopic (exact) mass is 185 g/mol. The van der Waals surface area contributed by atoms with Crippen molar-refractivity contribution < 1.29 is 0 Å². The van der Waals surface area contributed by atoms with Crippen LogP contribution < -0.4 is 10.2 Å². The van der Waals surface area contributed by atoms with E-state index in [1.54, 1.807) is 18.6 Å². The fourth-order valence-electron chi connectivity index (χ4n) is 1.46. The first-order valence-corrected chi connectivity index (χ1v) is 4.22. The van der Waals surface area contributed by atoms with Crippen molar-refractivity contribution in [1.29, 1.82) is 0 Å². The summed E-state index contributed by atoms with van der Waals surface area (Å²) in [6.45, 7) is 0. The lowest BCUT2D eigenvalue weighted by Gasteiger charge is -2.27. The van der Waals surface area contributed by atoms with Gasteiger partial charge in [0.15, 0.2) is 5.82 Å². The second-order valence-corrected chi connectivity index (χ2v) is 2.92. The van der Waals surface area contributed by atoms with Crippen molar-refractivity contribution in [2.75, 3.05) is 10.2 Å². The Hall–Kier alpha value is -2.17. The van der Waals surface area contributed by atoms with E-state index in [1.807, 2.05) is 23.4 Å². The van der Waals surface area contributed by atoms with Crippen LogP contribution in [0.2, 0.25) is 0 Å². The first-order chi connectivity index (χ1) is 6.95. The van der Waals surface area contributed by atoms with Gasteiger partial charge in [0, 0.05) is 18.6 Å². The average molecular weight is 185 g/mol. The zero-order valence-electron chi connectivity index (χ0n) is 7.25. The lowest BCUT2D eigenvalue weighted by atomic mass is 10.2. The minimum atomic E-state index is 0.760. The van der Waals surface area contributed by atoms with Gasteiger partial charge in [-0.25, -0.2) is 0 Å². The number of hydrogen-bond donors (Lipinski definition) is 1. The van der Waals surface area contributed by atoms with E-state index in [0.717, 1.165) is 17.2 Å². The molecule has 3 rings (SSSR count). The van der Waals surface area contributed by atoms with Crippen molar-refractivity contribution in [3.8, 4) is 0 Å². The maximum Gasteiger partial charge on any atom is 0.177 e. The first kappa shape index (κ1) is 7.25. The zero-order chi connectivity index (χ0) is 9.38. The fourth-order valence-corrected chi connectivity index (χ4v) is 1.46. The normalized spacial score (nSPS) is 16.9. The molecular weight excluding hydrogens is 178 g/mol. The van der Waals surface area contributed by atoms with Gasteiger partial charge in [0.25, 0.3) is 0 Å². The van der Waals surface area contributed by atoms with Gasteiger partial charge in [0.05, 0.1) is 23.8 Å². The van der Waals surface area contributed by atoms with Crippen LogP contribution in [0.3, 0.4) is 0 Å². The molecule has 1 aromatic rings. The van der Waals surface area contributed by atoms with Crippen LogP contribution >= 0.6 is 0 Å². The summed E-state index contributed by atoms with van der Waals surface area (Å²) in [4.78, 5) is 6.05. The van der Waals surface area contributed by atoms with Gasteiger partial charge in [-0.2, -0.15) is 5.10 Å². The van der Waals surface area contributed by atoms with Gasteiger partial charge in [-0.05, 0) is 6.07 Å². The molecule has 0 aliphatic carbocycles. The predicted molar refractivity (Wildman–Crippen MR) is 53.8 cm³/mol. The highest BCUT2D eigenvalue weighted by Gasteiger charge is 2.18. The SMILES string of the molecule is C1=CN2C(=CNc3nnccc32)C=N1. The summed E-state index contributed by atoms with van der Waals surface area (Å²) in [5.74, 6) is 0.760. The Morgan fingerprint density at radius 2 is 2.36 bits per heavy atom. The number of allylic oxidation sites excluding steroid dienone is 1. The minimum Gasteiger partial charge on any atom is -0.341 e. The summed E-state index contributed by atoms with van der Waals surface area (Å²) in [5, 5.41) is 10.9.